The lowest BCUT2D eigenvalue weighted by atomic mass is 10.2. The van der Waals surface area contributed by atoms with Crippen molar-refractivity contribution in [3.8, 4) is 0 Å². The van der Waals surface area contributed by atoms with Crippen LogP contribution in [0.1, 0.15) is 36.5 Å². The van der Waals surface area contributed by atoms with Crippen LogP contribution in [0.15, 0.2) is 36.9 Å². The molecule has 1 aromatic rings. The van der Waals surface area contributed by atoms with E-state index in [1.807, 2.05) is 6.08 Å². The quantitative estimate of drug-likeness (QED) is 0.311. The number of nitrogens with zero attached hydrogens (tertiary/aromatic N) is 1. The highest BCUT2D eigenvalue weighted by Gasteiger charge is 2.07. The van der Waals surface area contributed by atoms with E-state index in [0.29, 0.717) is 17.9 Å². The molecule has 0 fully saturated rings. The number of benzene rings is 1. The first-order chi connectivity index (χ1) is 10.2. The molecule has 0 radical (unpaired) electrons. The number of hydrogen-bond acceptors (Lipinski definition) is 4. The molecule has 21 heavy (non-hydrogen) atoms. The van der Waals surface area contributed by atoms with Crippen LogP contribution in [0.2, 0.25) is 0 Å². The van der Waals surface area contributed by atoms with Crippen molar-refractivity contribution < 1.29 is 9.53 Å². The second-order valence-electron chi connectivity index (χ2n) is 5.05. The van der Waals surface area contributed by atoms with E-state index in [9.17, 15) is 4.79 Å². The van der Waals surface area contributed by atoms with Crippen LogP contribution >= 0.6 is 0 Å². The number of esters is 1. The van der Waals surface area contributed by atoms with Gasteiger partial charge in [0.15, 0.2) is 0 Å². The number of anilines is 1. The lowest BCUT2D eigenvalue weighted by Crippen LogP contribution is -2.27. The molecule has 0 unspecified atom stereocenters. The zero-order chi connectivity index (χ0) is 15.5. The van der Waals surface area contributed by atoms with Gasteiger partial charge in [-0.15, -0.1) is 6.58 Å². The van der Waals surface area contributed by atoms with Gasteiger partial charge in [-0.05, 0) is 43.7 Å². The monoisotopic (exact) mass is 290 g/mol. The summed E-state index contributed by atoms with van der Waals surface area (Å²) >= 11 is 0. The van der Waals surface area contributed by atoms with E-state index in [2.05, 4.69) is 18.4 Å². The van der Waals surface area contributed by atoms with Crippen molar-refractivity contribution in [2.45, 2.75) is 26.2 Å². The average Bonchev–Trinajstić information content (AvgIpc) is 2.49. The number of carbonyl (C=O) groups excluding carboxylic acids is 1. The summed E-state index contributed by atoms with van der Waals surface area (Å²) in [6, 6.07) is 6.77. The number of nitrogens with two attached hydrogens (primary N) is 1. The molecule has 0 saturated carbocycles. The molecule has 0 saturated heterocycles. The van der Waals surface area contributed by atoms with E-state index in [-0.39, 0.29) is 5.97 Å². The average molecular weight is 290 g/mol. The summed E-state index contributed by atoms with van der Waals surface area (Å²) in [4.78, 5) is 14.1. The first kappa shape index (κ1) is 17.2. The largest absolute Gasteiger partial charge is 0.462 e. The Morgan fingerprint density at radius 1 is 1.29 bits per heavy atom. The highest BCUT2D eigenvalue weighted by Crippen LogP contribution is 2.07. The molecule has 116 valence electrons. The molecule has 0 bridgehead atoms. The van der Waals surface area contributed by atoms with Gasteiger partial charge in [0.05, 0.1) is 12.2 Å². The van der Waals surface area contributed by atoms with Gasteiger partial charge in [0.2, 0.25) is 0 Å². The summed E-state index contributed by atoms with van der Waals surface area (Å²) in [6.07, 6.45) is 5.10. The molecule has 2 N–H and O–H groups in total. The lowest BCUT2D eigenvalue weighted by Gasteiger charge is -2.20. The van der Waals surface area contributed by atoms with Crippen molar-refractivity contribution in [2.24, 2.45) is 0 Å². The molecular weight excluding hydrogens is 264 g/mol. The Balaban J connectivity index is 2.26. The van der Waals surface area contributed by atoms with Crippen LogP contribution in [-0.4, -0.2) is 37.1 Å². The van der Waals surface area contributed by atoms with Crippen LogP contribution in [0, 0.1) is 0 Å². The second-order valence-corrected chi connectivity index (χ2v) is 5.05. The number of rotatable bonds is 10. The Kier molecular flexibility index (Phi) is 8.21. The Bertz CT molecular complexity index is 429. The maximum Gasteiger partial charge on any atom is 0.338 e. The minimum atomic E-state index is -0.293. The normalized spacial score (nSPS) is 10.6. The molecule has 0 spiro atoms. The zero-order valence-corrected chi connectivity index (χ0v) is 12.9. The Morgan fingerprint density at radius 2 is 1.95 bits per heavy atom. The fourth-order valence-corrected chi connectivity index (χ4v) is 2.01. The van der Waals surface area contributed by atoms with Gasteiger partial charge in [0.25, 0.3) is 0 Å². The number of hydrogen-bond donors (Lipinski definition) is 1. The summed E-state index contributed by atoms with van der Waals surface area (Å²) < 4.78 is 5.27. The smallest absolute Gasteiger partial charge is 0.338 e. The van der Waals surface area contributed by atoms with Gasteiger partial charge < -0.3 is 10.5 Å². The Labute approximate surface area is 127 Å². The predicted octanol–water partition coefficient (Wildman–Crippen LogP) is 3.10. The van der Waals surface area contributed by atoms with Crippen LogP contribution < -0.4 is 5.73 Å². The van der Waals surface area contributed by atoms with E-state index < -0.39 is 0 Å². The summed E-state index contributed by atoms with van der Waals surface area (Å²) in [5.74, 6) is -0.293. The van der Waals surface area contributed by atoms with Crippen LogP contribution in [0.4, 0.5) is 5.69 Å². The maximum absolute atomic E-state index is 11.8. The van der Waals surface area contributed by atoms with Gasteiger partial charge in [-0.1, -0.05) is 19.4 Å². The van der Waals surface area contributed by atoms with Crippen LogP contribution in [-0.2, 0) is 4.74 Å². The molecule has 0 aliphatic rings. The predicted molar refractivity (Wildman–Crippen MR) is 87.3 cm³/mol. The van der Waals surface area contributed by atoms with Gasteiger partial charge >= 0.3 is 5.97 Å². The molecule has 0 amide bonds. The van der Waals surface area contributed by atoms with E-state index in [0.717, 1.165) is 26.1 Å². The highest BCUT2D eigenvalue weighted by molar-refractivity contribution is 5.89. The minimum absolute atomic E-state index is 0.293. The van der Waals surface area contributed by atoms with E-state index in [1.54, 1.807) is 24.3 Å². The minimum Gasteiger partial charge on any atom is -0.462 e. The third-order valence-electron chi connectivity index (χ3n) is 3.21. The lowest BCUT2D eigenvalue weighted by molar-refractivity contribution is 0.0489. The molecule has 1 aromatic carbocycles. The van der Waals surface area contributed by atoms with Gasteiger partial charge in [-0.3, -0.25) is 4.90 Å². The molecular formula is C17H26N2O2. The van der Waals surface area contributed by atoms with Crippen LogP contribution in [0.5, 0.6) is 0 Å². The second kappa shape index (κ2) is 10.00. The molecule has 0 aliphatic carbocycles. The third kappa shape index (κ3) is 6.95. The number of unbranched alkanes of at least 4 members (excludes halogenated alkanes) is 1. The topological polar surface area (TPSA) is 55.6 Å². The van der Waals surface area contributed by atoms with Crippen LogP contribution in [0.3, 0.4) is 0 Å². The van der Waals surface area contributed by atoms with E-state index in [1.165, 1.54) is 12.8 Å². The first-order valence-electron chi connectivity index (χ1n) is 7.53. The SMILES string of the molecule is C=CCN(CCCC)CCCOC(=O)c1ccc(N)cc1. The van der Waals surface area contributed by atoms with E-state index >= 15 is 0 Å². The van der Waals surface area contributed by atoms with Crippen LogP contribution in [0.25, 0.3) is 0 Å². The van der Waals surface area contributed by atoms with Gasteiger partial charge in [-0.25, -0.2) is 4.79 Å². The van der Waals surface area contributed by atoms with Crippen molar-refractivity contribution in [1.82, 2.24) is 4.90 Å². The molecule has 4 heteroatoms. The summed E-state index contributed by atoms with van der Waals surface area (Å²) in [6.45, 7) is 9.25. The standard InChI is InChI=1S/C17H26N2O2/c1-3-5-12-19(11-4-2)13-6-14-21-17(20)15-7-9-16(18)10-8-15/h4,7-10H,2-3,5-6,11-14,18H2,1H3. The fraction of sp³-hybridized carbons (Fsp3) is 0.471. The van der Waals surface area contributed by atoms with Gasteiger partial charge in [-0.2, -0.15) is 0 Å². The molecule has 1 rings (SSSR count). The Hall–Kier alpha value is -1.81. The summed E-state index contributed by atoms with van der Waals surface area (Å²) in [7, 11) is 0. The van der Waals surface area contributed by atoms with Gasteiger partial charge in [0, 0.05) is 18.8 Å². The first-order valence-corrected chi connectivity index (χ1v) is 7.53. The number of nitrogen functional groups attached to an aromatic ring is 1. The number of carbonyl (C=O) groups is 1. The summed E-state index contributed by atoms with van der Waals surface area (Å²) in [5, 5.41) is 0. The molecule has 0 atom stereocenters. The number of ether oxygens (including phenoxy) is 1. The van der Waals surface area contributed by atoms with Crippen molar-refractivity contribution in [2.75, 3.05) is 32.0 Å². The fourth-order valence-electron chi connectivity index (χ4n) is 2.01. The van der Waals surface area contributed by atoms with Crippen molar-refractivity contribution in [1.29, 1.82) is 0 Å². The van der Waals surface area contributed by atoms with Crippen molar-refractivity contribution in [3.63, 3.8) is 0 Å². The van der Waals surface area contributed by atoms with Gasteiger partial charge in [0.1, 0.15) is 0 Å². The summed E-state index contributed by atoms with van der Waals surface area (Å²) in [5.41, 5.74) is 6.77. The molecule has 0 heterocycles. The third-order valence-corrected chi connectivity index (χ3v) is 3.21. The van der Waals surface area contributed by atoms with E-state index in [4.69, 9.17) is 10.5 Å². The molecule has 4 nitrogen and oxygen atoms in total. The van der Waals surface area contributed by atoms with Crippen molar-refractivity contribution in [3.05, 3.63) is 42.5 Å². The zero-order valence-electron chi connectivity index (χ0n) is 12.9. The molecule has 0 aliphatic heterocycles. The maximum atomic E-state index is 11.8. The highest BCUT2D eigenvalue weighted by atomic mass is 16.5. The molecule has 0 aromatic heterocycles. The Morgan fingerprint density at radius 3 is 2.57 bits per heavy atom. The van der Waals surface area contributed by atoms with Crippen molar-refractivity contribution >= 4 is 11.7 Å².